The minimum absolute atomic E-state index is 0.00299. The Hall–Kier alpha value is -3.70. The number of carbonyl (C=O) groups is 1. The molecular weight excluding hydrogens is 434 g/mol. The summed E-state index contributed by atoms with van der Waals surface area (Å²) in [5, 5.41) is 4.42. The Morgan fingerprint density at radius 1 is 0.971 bits per heavy atom. The molecule has 1 aliphatic heterocycles. The summed E-state index contributed by atoms with van der Waals surface area (Å²) >= 11 is 0. The van der Waals surface area contributed by atoms with Gasteiger partial charge in [-0.05, 0) is 61.3 Å². The number of nitrogens with zero attached hydrogens (tertiary/aromatic N) is 2. The van der Waals surface area contributed by atoms with E-state index < -0.39 is 0 Å². The van der Waals surface area contributed by atoms with E-state index in [2.05, 4.69) is 46.6 Å². The molecule has 1 aromatic heterocycles. The van der Waals surface area contributed by atoms with Gasteiger partial charge in [-0.25, -0.2) is 0 Å². The molecule has 0 spiro atoms. The van der Waals surface area contributed by atoms with Crippen molar-refractivity contribution in [2.75, 3.05) is 20.2 Å². The molecular formula is C30H31N3O2. The van der Waals surface area contributed by atoms with E-state index in [1.165, 1.54) is 5.56 Å². The van der Waals surface area contributed by atoms with Crippen molar-refractivity contribution in [3.05, 3.63) is 108 Å². The highest BCUT2D eigenvalue weighted by molar-refractivity contribution is 5.81. The minimum atomic E-state index is -0.275. The molecule has 0 radical (unpaired) electrons. The van der Waals surface area contributed by atoms with Gasteiger partial charge in [0.05, 0.1) is 24.4 Å². The van der Waals surface area contributed by atoms with Gasteiger partial charge in [-0.1, -0.05) is 66.7 Å². The van der Waals surface area contributed by atoms with Gasteiger partial charge in [0.1, 0.15) is 5.75 Å². The second-order valence-corrected chi connectivity index (χ2v) is 9.18. The standard InChI is InChI=1S/C30H31N3O2/c1-35-26-12-7-8-22(20-26)21-33-18-16-25(17-19-33)30(34)32-29(24-10-3-2-4-11-24)28-15-14-23-9-5-6-13-27(23)31-28/h2-15,20,25,29H,16-19,21H2,1H3,(H,32,34). The highest BCUT2D eigenvalue weighted by Crippen LogP contribution is 2.26. The summed E-state index contributed by atoms with van der Waals surface area (Å²) in [7, 11) is 1.69. The molecule has 5 heteroatoms. The number of aromatic nitrogens is 1. The number of benzene rings is 3. The lowest BCUT2D eigenvalue weighted by molar-refractivity contribution is -0.127. The van der Waals surface area contributed by atoms with E-state index in [9.17, 15) is 4.79 Å². The largest absolute Gasteiger partial charge is 0.497 e. The first kappa shape index (κ1) is 23.1. The predicted octanol–water partition coefficient (Wildman–Crippen LogP) is 5.36. The molecule has 1 fully saturated rings. The van der Waals surface area contributed by atoms with Crippen LogP contribution in [0.4, 0.5) is 0 Å². The number of rotatable bonds is 7. The van der Waals surface area contributed by atoms with Crippen molar-refractivity contribution in [3.63, 3.8) is 0 Å². The lowest BCUT2D eigenvalue weighted by Crippen LogP contribution is -2.41. The first-order valence-corrected chi connectivity index (χ1v) is 12.3. The van der Waals surface area contributed by atoms with Gasteiger partial charge in [-0.3, -0.25) is 14.7 Å². The van der Waals surface area contributed by atoms with Crippen LogP contribution in [0.5, 0.6) is 5.75 Å². The van der Waals surface area contributed by atoms with Crippen molar-refractivity contribution in [1.29, 1.82) is 0 Å². The number of para-hydroxylation sites is 1. The number of hydrogen-bond acceptors (Lipinski definition) is 4. The Morgan fingerprint density at radius 2 is 1.74 bits per heavy atom. The lowest BCUT2D eigenvalue weighted by atomic mass is 9.94. The highest BCUT2D eigenvalue weighted by Gasteiger charge is 2.28. The summed E-state index contributed by atoms with van der Waals surface area (Å²) in [5.74, 6) is 0.990. The Kier molecular flexibility index (Phi) is 7.05. The molecule has 1 atom stereocenters. The topological polar surface area (TPSA) is 54.5 Å². The van der Waals surface area contributed by atoms with Crippen LogP contribution < -0.4 is 10.1 Å². The normalized spacial score (nSPS) is 15.6. The van der Waals surface area contributed by atoms with E-state index in [1.807, 2.05) is 54.6 Å². The Balaban J connectivity index is 1.27. The van der Waals surface area contributed by atoms with E-state index in [-0.39, 0.29) is 17.9 Å². The summed E-state index contributed by atoms with van der Waals surface area (Å²) in [6.07, 6.45) is 1.70. The smallest absolute Gasteiger partial charge is 0.224 e. The van der Waals surface area contributed by atoms with Gasteiger partial charge >= 0.3 is 0 Å². The maximum Gasteiger partial charge on any atom is 0.224 e. The van der Waals surface area contributed by atoms with Crippen molar-refractivity contribution in [2.45, 2.75) is 25.4 Å². The molecule has 1 unspecified atom stereocenters. The van der Waals surface area contributed by atoms with Crippen molar-refractivity contribution in [1.82, 2.24) is 15.2 Å². The first-order valence-electron chi connectivity index (χ1n) is 12.3. The predicted molar refractivity (Wildman–Crippen MR) is 139 cm³/mol. The molecule has 0 aliphatic carbocycles. The molecule has 35 heavy (non-hydrogen) atoms. The Bertz CT molecular complexity index is 1280. The van der Waals surface area contributed by atoms with Gasteiger partial charge in [0.15, 0.2) is 0 Å². The summed E-state index contributed by atoms with van der Waals surface area (Å²) in [5.41, 5.74) is 4.07. The molecule has 0 saturated carbocycles. The number of carbonyl (C=O) groups excluding carboxylic acids is 1. The zero-order chi connectivity index (χ0) is 24.0. The fourth-order valence-electron chi connectivity index (χ4n) is 4.86. The van der Waals surface area contributed by atoms with Crippen molar-refractivity contribution in [3.8, 4) is 5.75 Å². The highest BCUT2D eigenvalue weighted by atomic mass is 16.5. The molecule has 0 bridgehead atoms. The third-order valence-electron chi connectivity index (χ3n) is 6.83. The van der Waals surface area contributed by atoms with Crippen molar-refractivity contribution >= 4 is 16.8 Å². The molecule has 178 valence electrons. The van der Waals surface area contributed by atoms with Crippen molar-refractivity contribution in [2.24, 2.45) is 5.92 Å². The average molecular weight is 466 g/mol. The molecule has 2 heterocycles. The number of amides is 1. The molecule has 1 amide bonds. The second-order valence-electron chi connectivity index (χ2n) is 9.18. The summed E-state index contributed by atoms with van der Waals surface area (Å²) in [6.45, 7) is 2.68. The average Bonchev–Trinajstić information content (AvgIpc) is 2.92. The quantitative estimate of drug-likeness (QED) is 0.399. The molecule has 5 rings (SSSR count). The van der Waals surface area contributed by atoms with Crippen LogP contribution in [0.1, 0.15) is 35.7 Å². The maximum atomic E-state index is 13.4. The second kappa shape index (κ2) is 10.7. The van der Waals surface area contributed by atoms with Gasteiger partial charge in [0.25, 0.3) is 0 Å². The number of piperidine rings is 1. The molecule has 1 saturated heterocycles. The number of ether oxygens (including phenoxy) is 1. The van der Waals surface area contributed by atoms with Crippen LogP contribution >= 0.6 is 0 Å². The summed E-state index contributed by atoms with van der Waals surface area (Å²) in [6, 6.07) is 30.2. The van der Waals surface area contributed by atoms with Gasteiger partial charge in [-0.2, -0.15) is 0 Å². The number of methoxy groups -OCH3 is 1. The SMILES string of the molecule is COc1cccc(CN2CCC(C(=O)NC(c3ccccc3)c3ccc4ccccc4n3)CC2)c1. The van der Waals surface area contributed by atoms with E-state index in [0.29, 0.717) is 0 Å². The van der Waals surface area contributed by atoms with E-state index in [1.54, 1.807) is 7.11 Å². The molecule has 4 aromatic rings. The Morgan fingerprint density at radius 3 is 2.54 bits per heavy atom. The van der Waals surface area contributed by atoms with Crippen LogP contribution in [0.3, 0.4) is 0 Å². The summed E-state index contributed by atoms with van der Waals surface area (Å²) < 4.78 is 5.35. The van der Waals surface area contributed by atoms with Crippen molar-refractivity contribution < 1.29 is 9.53 Å². The third-order valence-corrected chi connectivity index (χ3v) is 6.83. The number of hydrogen-bond donors (Lipinski definition) is 1. The fourth-order valence-corrected chi connectivity index (χ4v) is 4.86. The van der Waals surface area contributed by atoms with Gasteiger partial charge in [-0.15, -0.1) is 0 Å². The number of nitrogens with one attached hydrogen (secondary N) is 1. The van der Waals surface area contributed by atoms with Crippen LogP contribution in [0.2, 0.25) is 0 Å². The molecule has 3 aromatic carbocycles. The molecule has 1 N–H and O–H groups in total. The number of likely N-dealkylation sites (tertiary alicyclic amines) is 1. The van der Waals surface area contributed by atoms with Crippen LogP contribution in [0.25, 0.3) is 10.9 Å². The fraction of sp³-hybridized carbons (Fsp3) is 0.267. The van der Waals surface area contributed by atoms with Gasteiger partial charge < -0.3 is 10.1 Å². The number of fused-ring (bicyclic) bond motifs is 1. The van der Waals surface area contributed by atoms with E-state index in [0.717, 1.165) is 60.4 Å². The number of pyridine rings is 1. The zero-order valence-electron chi connectivity index (χ0n) is 20.1. The molecule has 5 nitrogen and oxygen atoms in total. The van der Waals surface area contributed by atoms with Crippen LogP contribution in [0.15, 0.2) is 91.0 Å². The lowest BCUT2D eigenvalue weighted by Gasteiger charge is -2.32. The van der Waals surface area contributed by atoms with Crippen LogP contribution in [0, 0.1) is 5.92 Å². The van der Waals surface area contributed by atoms with Gasteiger partial charge in [0, 0.05) is 17.8 Å². The monoisotopic (exact) mass is 465 g/mol. The summed E-state index contributed by atoms with van der Waals surface area (Å²) in [4.78, 5) is 20.7. The van der Waals surface area contributed by atoms with Gasteiger partial charge in [0.2, 0.25) is 5.91 Å². The maximum absolute atomic E-state index is 13.4. The Labute approximate surface area is 206 Å². The first-order chi connectivity index (χ1) is 17.2. The van der Waals surface area contributed by atoms with Crippen LogP contribution in [-0.2, 0) is 11.3 Å². The van der Waals surface area contributed by atoms with E-state index in [4.69, 9.17) is 9.72 Å². The van der Waals surface area contributed by atoms with E-state index >= 15 is 0 Å². The zero-order valence-corrected chi connectivity index (χ0v) is 20.1. The van der Waals surface area contributed by atoms with Crippen LogP contribution in [-0.4, -0.2) is 36.0 Å². The minimum Gasteiger partial charge on any atom is -0.497 e. The molecule has 1 aliphatic rings. The third kappa shape index (κ3) is 5.52.